The monoisotopic (exact) mass is 251 g/mol. The number of hydrogen-bond donors (Lipinski definition) is 1. The van der Waals surface area contributed by atoms with Crippen molar-refractivity contribution in [3.63, 3.8) is 0 Å². The van der Waals surface area contributed by atoms with E-state index in [0.29, 0.717) is 13.0 Å². The van der Waals surface area contributed by atoms with Gasteiger partial charge in [0.25, 0.3) is 0 Å². The summed E-state index contributed by atoms with van der Waals surface area (Å²) in [4.78, 5) is 13.1. The van der Waals surface area contributed by atoms with Gasteiger partial charge in [-0.3, -0.25) is 0 Å². The lowest BCUT2D eigenvalue weighted by Gasteiger charge is -2.22. The van der Waals surface area contributed by atoms with E-state index in [4.69, 9.17) is 4.74 Å². The molecule has 0 bridgehead atoms. The Hall–Kier alpha value is -1.55. The van der Waals surface area contributed by atoms with Gasteiger partial charge in [0, 0.05) is 13.6 Å². The Labute approximate surface area is 108 Å². The predicted octanol–water partition coefficient (Wildman–Crippen LogP) is 2.42. The molecular weight excluding hydrogens is 230 g/mol. The minimum absolute atomic E-state index is 0.270. The van der Waals surface area contributed by atoms with E-state index in [1.807, 2.05) is 30.3 Å². The molecule has 0 aliphatic carbocycles. The van der Waals surface area contributed by atoms with Crippen molar-refractivity contribution >= 4 is 6.09 Å². The number of carbonyl (C=O) groups excluding carboxylic acids is 1. The van der Waals surface area contributed by atoms with Gasteiger partial charge in [-0.1, -0.05) is 30.3 Å². The number of aliphatic hydroxyl groups is 1. The number of rotatable bonds is 5. The molecule has 0 aliphatic rings. The van der Waals surface area contributed by atoms with Gasteiger partial charge in [-0.2, -0.15) is 0 Å². The summed E-state index contributed by atoms with van der Waals surface area (Å²) in [6, 6.07) is 9.54. The SMILES string of the molecule is CN(CCC(C)(C)O)C(=O)OCc1ccccc1. The van der Waals surface area contributed by atoms with Gasteiger partial charge in [0.2, 0.25) is 0 Å². The lowest BCUT2D eigenvalue weighted by Crippen LogP contribution is -2.33. The van der Waals surface area contributed by atoms with Gasteiger partial charge < -0.3 is 14.7 Å². The summed E-state index contributed by atoms with van der Waals surface area (Å²) < 4.78 is 5.16. The normalized spacial score (nSPS) is 11.1. The van der Waals surface area contributed by atoms with Crippen LogP contribution in [0.25, 0.3) is 0 Å². The van der Waals surface area contributed by atoms with Gasteiger partial charge in [0.1, 0.15) is 6.61 Å². The number of amides is 1. The van der Waals surface area contributed by atoms with Crippen LogP contribution in [0.5, 0.6) is 0 Å². The summed E-state index contributed by atoms with van der Waals surface area (Å²) in [5.74, 6) is 0. The van der Waals surface area contributed by atoms with Crippen LogP contribution >= 0.6 is 0 Å². The molecule has 0 fully saturated rings. The van der Waals surface area contributed by atoms with Gasteiger partial charge in [-0.15, -0.1) is 0 Å². The molecule has 1 amide bonds. The average Bonchev–Trinajstić information content (AvgIpc) is 2.33. The molecule has 0 atom stereocenters. The zero-order chi connectivity index (χ0) is 13.6. The molecule has 18 heavy (non-hydrogen) atoms. The zero-order valence-electron chi connectivity index (χ0n) is 11.2. The van der Waals surface area contributed by atoms with Crippen LogP contribution < -0.4 is 0 Å². The number of benzene rings is 1. The van der Waals surface area contributed by atoms with Gasteiger partial charge in [-0.25, -0.2) is 4.79 Å². The van der Waals surface area contributed by atoms with Crippen LogP contribution in [0.2, 0.25) is 0 Å². The van der Waals surface area contributed by atoms with Crippen molar-refractivity contribution in [2.45, 2.75) is 32.5 Å². The van der Waals surface area contributed by atoms with E-state index >= 15 is 0 Å². The van der Waals surface area contributed by atoms with Gasteiger partial charge in [0.05, 0.1) is 5.60 Å². The maximum absolute atomic E-state index is 11.7. The number of carbonyl (C=O) groups is 1. The second kappa shape index (κ2) is 6.40. The summed E-state index contributed by atoms with van der Waals surface area (Å²) in [5.41, 5.74) is 0.190. The van der Waals surface area contributed by atoms with E-state index < -0.39 is 5.60 Å². The molecule has 0 saturated heterocycles. The van der Waals surface area contributed by atoms with E-state index in [0.717, 1.165) is 5.56 Å². The van der Waals surface area contributed by atoms with Gasteiger partial charge >= 0.3 is 6.09 Å². The van der Waals surface area contributed by atoms with Crippen LogP contribution in [0, 0.1) is 0 Å². The van der Waals surface area contributed by atoms with Crippen molar-refractivity contribution in [3.8, 4) is 0 Å². The van der Waals surface area contributed by atoms with Crippen molar-refractivity contribution in [3.05, 3.63) is 35.9 Å². The minimum Gasteiger partial charge on any atom is -0.445 e. The average molecular weight is 251 g/mol. The Balaban J connectivity index is 2.32. The highest BCUT2D eigenvalue weighted by molar-refractivity contribution is 5.67. The second-order valence-corrected chi connectivity index (χ2v) is 5.02. The summed E-state index contributed by atoms with van der Waals surface area (Å²) in [6.07, 6.45) is 0.146. The van der Waals surface area contributed by atoms with Crippen LogP contribution in [-0.2, 0) is 11.3 Å². The third kappa shape index (κ3) is 5.68. The fraction of sp³-hybridized carbons (Fsp3) is 0.500. The molecule has 0 heterocycles. The minimum atomic E-state index is -0.770. The fourth-order valence-corrected chi connectivity index (χ4v) is 1.36. The van der Waals surface area contributed by atoms with E-state index in [1.54, 1.807) is 20.9 Å². The van der Waals surface area contributed by atoms with Gasteiger partial charge in [-0.05, 0) is 25.8 Å². The molecule has 1 aromatic carbocycles. The lowest BCUT2D eigenvalue weighted by molar-refractivity contribution is 0.0548. The van der Waals surface area contributed by atoms with Crippen molar-refractivity contribution in [2.24, 2.45) is 0 Å². The molecule has 0 unspecified atom stereocenters. The molecular formula is C14H21NO3. The maximum Gasteiger partial charge on any atom is 0.409 e. The Kier molecular flexibility index (Phi) is 5.16. The van der Waals surface area contributed by atoms with Crippen LogP contribution in [0.3, 0.4) is 0 Å². The molecule has 1 N–H and O–H groups in total. The highest BCUT2D eigenvalue weighted by Crippen LogP contribution is 2.09. The first-order chi connectivity index (χ1) is 8.38. The predicted molar refractivity (Wildman–Crippen MR) is 70.2 cm³/mol. The smallest absolute Gasteiger partial charge is 0.409 e. The molecule has 0 aliphatic heterocycles. The Morgan fingerprint density at radius 3 is 2.50 bits per heavy atom. The molecule has 4 nitrogen and oxygen atoms in total. The fourth-order valence-electron chi connectivity index (χ4n) is 1.36. The molecule has 1 rings (SSSR count). The maximum atomic E-state index is 11.7. The third-order valence-corrected chi connectivity index (χ3v) is 2.58. The molecule has 0 saturated carbocycles. The first kappa shape index (κ1) is 14.5. The molecule has 0 radical (unpaired) electrons. The highest BCUT2D eigenvalue weighted by atomic mass is 16.6. The van der Waals surface area contributed by atoms with Gasteiger partial charge in [0.15, 0.2) is 0 Å². The quantitative estimate of drug-likeness (QED) is 0.874. The van der Waals surface area contributed by atoms with Crippen LogP contribution in [0.1, 0.15) is 25.8 Å². The standard InChI is InChI=1S/C14H21NO3/c1-14(2,17)9-10-15(3)13(16)18-11-12-7-5-4-6-8-12/h4-8,17H,9-11H2,1-3H3. The Morgan fingerprint density at radius 1 is 1.33 bits per heavy atom. The van der Waals surface area contributed by atoms with Crippen LogP contribution in [-0.4, -0.2) is 35.3 Å². The first-order valence-electron chi connectivity index (χ1n) is 6.03. The number of ether oxygens (including phenoxy) is 1. The van der Waals surface area contributed by atoms with Crippen molar-refractivity contribution < 1.29 is 14.6 Å². The lowest BCUT2D eigenvalue weighted by atomic mass is 10.1. The van der Waals surface area contributed by atoms with Crippen LogP contribution in [0.15, 0.2) is 30.3 Å². The number of nitrogens with zero attached hydrogens (tertiary/aromatic N) is 1. The summed E-state index contributed by atoms with van der Waals surface area (Å²) in [5, 5.41) is 9.58. The Morgan fingerprint density at radius 2 is 1.94 bits per heavy atom. The molecule has 4 heteroatoms. The van der Waals surface area contributed by atoms with Crippen molar-refractivity contribution in [1.29, 1.82) is 0 Å². The molecule has 1 aromatic rings. The zero-order valence-corrected chi connectivity index (χ0v) is 11.2. The van der Waals surface area contributed by atoms with E-state index in [2.05, 4.69) is 0 Å². The molecule has 0 spiro atoms. The summed E-state index contributed by atoms with van der Waals surface area (Å²) in [6.45, 7) is 4.18. The largest absolute Gasteiger partial charge is 0.445 e. The highest BCUT2D eigenvalue weighted by Gasteiger charge is 2.16. The number of hydrogen-bond acceptors (Lipinski definition) is 3. The summed E-state index contributed by atoms with van der Waals surface area (Å²) >= 11 is 0. The Bertz CT molecular complexity index is 370. The van der Waals surface area contributed by atoms with Crippen molar-refractivity contribution in [2.75, 3.05) is 13.6 Å². The topological polar surface area (TPSA) is 49.8 Å². The summed E-state index contributed by atoms with van der Waals surface area (Å²) in [7, 11) is 1.67. The van der Waals surface area contributed by atoms with E-state index in [-0.39, 0.29) is 12.7 Å². The third-order valence-electron chi connectivity index (χ3n) is 2.58. The molecule has 100 valence electrons. The van der Waals surface area contributed by atoms with Crippen molar-refractivity contribution in [1.82, 2.24) is 4.90 Å². The van der Waals surface area contributed by atoms with E-state index in [9.17, 15) is 9.90 Å². The first-order valence-corrected chi connectivity index (χ1v) is 6.03. The second-order valence-electron chi connectivity index (χ2n) is 5.02. The molecule has 0 aromatic heterocycles. The van der Waals surface area contributed by atoms with E-state index in [1.165, 1.54) is 4.90 Å². The van der Waals surface area contributed by atoms with Crippen LogP contribution in [0.4, 0.5) is 4.79 Å².